The highest BCUT2D eigenvalue weighted by atomic mass is 32.1. The summed E-state index contributed by atoms with van der Waals surface area (Å²) in [5.74, 6) is -0.759. The SMILES string of the molecule is CCCCCC(=O)N[C@H](C(=O)Nc1nnc(-c2ccc(F)cc2)s1)[C@H](C)CC. The van der Waals surface area contributed by atoms with E-state index in [1.807, 2.05) is 13.8 Å². The quantitative estimate of drug-likeness (QED) is 0.573. The van der Waals surface area contributed by atoms with Crippen molar-refractivity contribution in [1.29, 1.82) is 0 Å². The number of nitrogens with one attached hydrogen (secondary N) is 2. The maximum atomic E-state index is 13.1. The van der Waals surface area contributed by atoms with E-state index in [0.29, 0.717) is 16.6 Å². The van der Waals surface area contributed by atoms with Crippen molar-refractivity contribution in [1.82, 2.24) is 15.5 Å². The summed E-state index contributed by atoms with van der Waals surface area (Å²) in [6.45, 7) is 5.99. The number of anilines is 1. The fourth-order valence-electron chi connectivity index (χ4n) is 2.65. The molecule has 152 valence electrons. The number of halogens is 1. The molecule has 0 unspecified atom stereocenters. The Morgan fingerprint density at radius 1 is 1.14 bits per heavy atom. The summed E-state index contributed by atoms with van der Waals surface area (Å²) in [7, 11) is 0. The third-order valence-corrected chi connectivity index (χ3v) is 5.45. The molecule has 8 heteroatoms. The molecule has 2 rings (SSSR count). The van der Waals surface area contributed by atoms with Gasteiger partial charge in [-0.05, 0) is 36.6 Å². The fraction of sp³-hybridized carbons (Fsp3) is 0.500. The van der Waals surface area contributed by atoms with Crippen molar-refractivity contribution >= 4 is 28.3 Å². The van der Waals surface area contributed by atoms with E-state index >= 15 is 0 Å². The van der Waals surface area contributed by atoms with Gasteiger partial charge in [-0.3, -0.25) is 14.9 Å². The Bertz CT molecular complexity index is 779. The Morgan fingerprint density at radius 2 is 1.86 bits per heavy atom. The Balaban J connectivity index is 2.02. The summed E-state index contributed by atoms with van der Waals surface area (Å²) < 4.78 is 13.1. The third-order valence-electron chi connectivity index (χ3n) is 4.57. The van der Waals surface area contributed by atoms with E-state index in [0.717, 1.165) is 31.2 Å². The second-order valence-electron chi connectivity index (χ2n) is 6.80. The van der Waals surface area contributed by atoms with Gasteiger partial charge in [-0.2, -0.15) is 0 Å². The molecule has 1 heterocycles. The maximum absolute atomic E-state index is 13.1. The molecule has 0 aliphatic carbocycles. The van der Waals surface area contributed by atoms with Crippen LogP contribution in [0.25, 0.3) is 10.6 Å². The van der Waals surface area contributed by atoms with Gasteiger partial charge in [0.15, 0.2) is 0 Å². The van der Waals surface area contributed by atoms with Crippen molar-refractivity contribution < 1.29 is 14.0 Å². The third kappa shape index (κ3) is 6.37. The van der Waals surface area contributed by atoms with Gasteiger partial charge < -0.3 is 5.32 Å². The molecule has 0 aliphatic heterocycles. The molecular formula is C20H27FN4O2S. The second kappa shape index (κ2) is 10.8. The molecule has 1 aromatic carbocycles. The predicted molar refractivity (Wildman–Crippen MR) is 109 cm³/mol. The number of hydrogen-bond acceptors (Lipinski definition) is 5. The Labute approximate surface area is 169 Å². The van der Waals surface area contributed by atoms with E-state index in [2.05, 4.69) is 27.8 Å². The van der Waals surface area contributed by atoms with Gasteiger partial charge in [0.05, 0.1) is 0 Å². The van der Waals surface area contributed by atoms with Crippen LogP contribution in [0.15, 0.2) is 24.3 Å². The van der Waals surface area contributed by atoms with Gasteiger partial charge >= 0.3 is 0 Å². The number of unbranched alkanes of at least 4 members (excludes halogenated alkanes) is 2. The minimum atomic E-state index is -0.628. The van der Waals surface area contributed by atoms with E-state index in [-0.39, 0.29) is 23.5 Å². The van der Waals surface area contributed by atoms with Crippen molar-refractivity contribution in [3.8, 4) is 10.6 Å². The van der Waals surface area contributed by atoms with Crippen LogP contribution in [0.5, 0.6) is 0 Å². The topological polar surface area (TPSA) is 84.0 Å². The van der Waals surface area contributed by atoms with Gasteiger partial charge in [0.25, 0.3) is 0 Å². The molecule has 0 saturated carbocycles. The van der Waals surface area contributed by atoms with Crippen LogP contribution < -0.4 is 10.6 Å². The molecule has 0 bridgehead atoms. The van der Waals surface area contributed by atoms with Crippen LogP contribution in [0, 0.1) is 11.7 Å². The lowest BCUT2D eigenvalue weighted by molar-refractivity contribution is -0.127. The number of nitrogens with zero attached hydrogens (tertiary/aromatic N) is 2. The van der Waals surface area contributed by atoms with Gasteiger partial charge in [-0.25, -0.2) is 4.39 Å². The number of hydrogen-bond donors (Lipinski definition) is 2. The molecule has 0 aliphatic rings. The largest absolute Gasteiger partial charge is 0.344 e. The first-order valence-corrected chi connectivity index (χ1v) is 10.5. The number of carbonyl (C=O) groups is 2. The lowest BCUT2D eigenvalue weighted by Gasteiger charge is -2.23. The van der Waals surface area contributed by atoms with Crippen molar-refractivity contribution in [2.75, 3.05) is 5.32 Å². The van der Waals surface area contributed by atoms with Gasteiger partial charge in [0, 0.05) is 12.0 Å². The summed E-state index contributed by atoms with van der Waals surface area (Å²) in [4.78, 5) is 24.9. The maximum Gasteiger partial charge on any atom is 0.249 e. The highest BCUT2D eigenvalue weighted by Gasteiger charge is 2.26. The number of amides is 2. The zero-order valence-electron chi connectivity index (χ0n) is 16.5. The van der Waals surface area contributed by atoms with Crippen LogP contribution in [0.3, 0.4) is 0 Å². The first kappa shape index (κ1) is 21.9. The summed E-state index contributed by atoms with van der Waals surface area (Å²) >= 11 is 1.20. The molecule has 2 N–H and O–H groups in total. The molecule has 0 radical (unpaired) electrons. The van der Waals surface area contributed by atoms with E-state index in [4.69, 9.17) is 0 Å². The first-order chi connectivity index (χ1) is 13.4. The fourth-order valence-corrected chi connectivity index (χ4v) is 3.40. The highest BCUT2D eigenvalue weighted by molar-refractivity contribution is 7.18. The number of carbonyl (C=O) groups excluding carboxylic acids is 2. The van der Waals surface area contributed by atoms with E-state index in [1.54, 1.807) is 12.1 Å². The van der Waals surface area contributed by atoms with E-state index in [1.165, 1.54) is 23.5 Å². The molecule has 28 heavy (non-hydrogen) atoms. The zero-order chi connectivity index (χ0) is 20.5. The van der Waals surface area contributed by atoms with Gasteiger partial charge in [0.2, 0.25) is 16.9 Å². The van der Waals surface area contributed by atoms with Crippen molar-refractivity contribution in [2.24, 2.45) is 5.92 Å². The van der Waals surface area contributed by atoms with Crippen LogP contribution in [0.1, 0.15) is 52.9 Å². The average molecular weight is 407 g/mol. The van der Waals surface area contributed by atoms with Crippen molar-refractivity contribution in [3.05, 3.63) is 30.1 Å². The summed E-state index contributed by atoms with van der Waals surface area (Å²) in [5, 5.41) is 14.6. The van der Waals surface area contributed by atoms with E-state index < -0.39 is 6.04 Å². The standard InChI is InChI=1S/C20H27FN4O2S/c1-4-6-7-8-16(26)22-17(13(3)5-2)18(27)23-20-25-24-19(28-20)14-9-11-15(21)12-10-14/h9-13,17H,4-8H2,1-3H3,(H,22,26)(H,23,25,27)/t13-,17+/m1/s1. The van der Waals surface area contributed by atoms with Crippen LogP contribution in [-0.2, 0) is 9.59 Å². The molecular weight excluding hydrogens is 379 g/mol. The molecule has 0 fully saturated rings. The second-order valence-corrected chi connectivity index (χ2v) is 7.77. The molecule has 1 aromatic heterocycles. The lowest BCUT2D eigenvalue weighted by Crippen LogP contribution is -2.47. The highest BCUT2D eigenvalue weighted by Crippen LogP contribution is 2.26. The monoisotopic (exact) mass is 406 g/mol. The Hall–Kier alpha value is -2.35. The minimum absolute atomic E-state index is 0.0142. The molecule has 0 spiro atoms. The van der Waals surface area contributed by atoms with Crippen LogP contribution in [-0.4, -0.2) is 28.1 Å². The molecule has 2 atom stereocenters. The normalized spacial score (nSPS) is 13.0. The van der Waals surface area contributed by atoms with E-state index in [9.17, 15) is 14.0 Å². The molecule has 2 aromatic rings. The smallest absolute Gasteiger partial charge is 0.249 e. The summed E-state index contributed by atoms with van der Waals surface area (Å²) in [6.07, 6.45) is 4.01. The van der Waals surface area contributed by atoms with Gasteiger partial charge in [-0.15, -0.1) is 10.2 Å². The Morgan fingerprint density at radius 3 is 2.50 bits per heavy atom. The zero-order valence-corrected chi connectivity index (χ0v) is 17.3. The number of benzene rings is 1. The van der Waals surface area contributed by atoms with Crippen molar-refractivity contribution in [3.63, 3.8) is 0 Å². The van der Waals surface area contributed by atoms with Crippen LogP contribution in [0.2, 0.25) is 0 Å². The first-order valence-electron chi connectivity index (χ1n) is 9.64. The molecule has 0 saturated heterocycles. The summed E-state index contributed by atoms with van der Waals surface area (Å²) in [6, 6.07) is 5.29. The minimum Gasteiger partial charge on any atom is -0.344 e. The summed E-state index contributed by atoms with van der Waals surface area (Å²) in [5.41, 5.74) is 0.724. The Kier molecular flexibility index (Phi) is 8.50. The lowest BCUT2D eigenvalue weighted by atomic mass is 9.98. The van der Waals surface area contributed by atoms with Crippen LogP contribution in [0.4, 0.5) is 9.52 Å². The van der Waals surface area contributed by atoms with Crippen molar-refractivity contribution in [2.45, 2.75) is 58.9 Å². The van der Waals surface area contributed by atoms with Crippen LogP contribution >= 0.6 is 11.3 Å². The number of rotatable bonds is 10. The van der Waals surface area contributed by atoms with Gasteiger partial charge in [-0.1, -0.05) is 51.4 Å². The number of aromatic nitrogens is 2. The molecule has 2 amide bonds. The average Bonchev–Trinajstić information content (AvgIpc) is 3.14. The molecule has 6 nitrogen and oxygen atoms in total. The van der Waals surface area contributed by atoms with Gasteiger partial charge in [0.1, 0.15) is 16.9 Å². The predicted octanol–water partition coefficient (Wildman–Crippen LogP) is 4.39.